The molecule has 0 aliphatic rings. The number of rotatable bonds is 7. The third-order valence-corrected chi connectivity index (χ3v) is 5.27. The van der Waals surface area contributed by atoms with Gasteiger partial charge < -0.3 is 9.72 Å². The molecule has 0 amide bonds. The zero-order chi connectivity index (χ0) is 20.3. The van der Waals surface area contributed by atoms with Crippen molar-refractivity contribution in [3.63, 3.8) is 0 Å². The highest BCUT2D eigenvalue weighted by atomic mass is 32.1. The number of aryl methyl sites for hydroxylation is 1. The monoisotopic (exact) mass is 396 g/mol. The standard InChI is InChI=1S/C21H20N2O4S/c1-12-19(14(3)24)13(2)22-20(12)17(25)10-27-18(26)9-16-11-28-21(23-16)15-7-5-4-6-8-15/h4-8,11,22H,9-10H2,1-3H3. The lowest BCUT2D eigenvalue weighted by molar-refractivity contribution is -0.141. The molecule has 0 bridgehead atoms. The van der Waals surface area contributed by atoms with Gasteiger partial charge in [0.25, 0.3) is 0 Å². The average molecular weight is 396 g/mol. The maximum atomic E-state index is 12.4. The Hall–Kier alpha value is -3.06. The van der Waals surface area contributed by atoms with Gasteiger partial charge in [0.05, 0.1) is 17.8 Å². The van der Waals surface area contributed by atoms with Gasteiger partial charge in [0.2, 0.25) is 5.78 Å². The second-order valence-electron chi connectivity index (χ2n) is 6.45. The fourth-order valence-corrected chi connectivity index (χ4v) is 3.90. The van der Waals surface area contributed by atoms with Crippen molar-refractivity contribution >= 4 is 28.9 Å². The van der Waals surface area contributed by atoms with Crippen LogP contribution in [0.15, 0.2) is 35.7 Å². The number of hydrogen-bond donors (Lipinski definition) is 1. The maximum Gasteiger partial charge on any atom is 0.312 e. The van der Waals surface area contributed by atoms with Crippen LogP contribution in [0.2, 0.25) is 0 Å². The van der Waals surface area contributed by atoms with Crippen molar-refractivity contribution in [2.24, 2.45) is 0 Å². The minimum absolute atomic E-state index is 0.00194. The Bertz CT molecular complexity index is 1030. The van der Waals surface area contributed by atoms with Gasteiger partial charge in [0.1, 0.15) is 5.01 Å². The number of ketones is 2. The van der Waals surface area contributed by atoms with Crippen LogP contribution in [0.4, 0.5) is 0 Å². The van der Waals surface area contributed by atoms with E-state index >= 15 is 0 Å². The number of carbonyl (C=O) groups excluding carboxylic acids is 3. The van der Waals surface area contributed by atoms with Gasteiger partial charge in [-0.15, -0.1) is 11.3 Å². The van der Waals surface area contributed by atoms with Crippen molar-refractivity contribution in [3.8, 4) is 10.6 Å². The van der Waals surface area contributed by atoms with Gasteiger partial charge in [-0.05, 0) is 26.3 Å². The highest BCUT2D eigenvalue weighted by Crippen LogP contribution is 2.23. The van der Waals surface area contributed by atoms with E-state index in [1.807, 2.05) is 35.7 Å². The average Bonchev–Trinajstić information content (AvgIpc) is 3.24. The van der Waals surface area contributed by atoms with Crippen LogP contribution in [0.1, 0.15) is 44.7 Å². The number of ether oxygens (including phenoxy) is 1. The van der Waals surface area contributed by atoms with E-state index in [9.17, 15) is 14.4 Å². The quantitative estimate of drug-likeness (QED) is 0.483. The molecular formula is C21H20N2O4S. The van der Waals surface area contributed by atoms with Crippen molar-refractivity contribution < 1.29 is 19.1 Å². The van der Waals surface area contributed by atoms with Gasteiger partial charge >= 0.3 is 5.97 Å². The lowest BCUT2D eigenvalue weighted by Crippen LogP contribution is -2.17. The molecule has 0 radical (unpaired) electrons. The molecule has 6 nitrogen and oxygen atoms in total. The lowest BCUT2D eigenvalue weighted by atomic mass is 10.1. The molecule has 0 unspecified atom stereocenters. The second-order valence-corrected chi connectivity index (χ2v) is 7.31. The number of benzene rings is 1. The first-order valence-corrected chi connectivity index (χ1v) is 9.63. The summed E-state index contributed by atoms with van der Waals surface area (Å²) in [5, 5.41) is 2.64. The Kier molecular flexibility index (Phi) is 5.84. The molecule has 0 saturated carbocycles. The van der Waals surface area contributed by atoms with Gasteiger partial charge in [-0.2, -0.15) is 0 Å². The summed E-state index contributed by atoms with van der Waals surface area (Å²) in [5.41, 5.74) is 3.61. The van der Waals surface area contributed by atoms with Crippen molar-refractivity contribution in [2.75, 3.05) is 6.61 Å². The molecule has 0 fully saturated rings. The van der Waals surface area contributed by atoms with Crippen LogP contribution < -0.4 is 0 Å². The number of aromatic amines is 1. The molecule has 1 N–H and O–H groups in total. The van der Waals surface area contributed by atoms with Crippen LogP contribution in [0.5, 0.6) is 0 Å². The Morgan fingerprint density at radius 1 is 1.14 bits per heavy atom. The summed E-state index contributed by atoms with van der Waals surface area (Å²) < 4.78 is 5.11. The summed E-state index contributed by atoms with van der Waals surface area (Å²) in [4.78, 5) is 43.5. The first-order chi connectivity index (χ1) is 13.4. The Morgan fingerprint density at radius 2 is 1.86 bits per heavy atom. The van der Waals surface area contributed by atoms with Crippen molar-refractivity contribution in [3.05, 3.63) is 63.9 Å². The molecule has 7 heteroatoms. The first kappa shape index (κ1) is 19.7. The fraction of sp³-hybridized carbons (Fsp3) is 0.238. The third-order valence-electron chi connectivity index (χ3n) is 4.33. The van der Waals surface area contributed by atoms with E-state index in [1.165, 1.54) is 18.3 Å². The lowest BCUT2D eigenvalue weighted by Gasteiger charge is -2.03. The SMILES string of the molecule is CC(=O)c1c(C)[nH]c(C(=O)COC(=O)Cc2csc(-c3ccccc3)n2)c1C. The fourth-order valence-electron chi connectivity index (χ4n) is 3.08. The van der Waals surface area contributed by atoms with Crippen LogP contribution in [0.25, 0.3) is 10.6 Å². The van der Waals surface area contributed by atoms with Crippen LogP contribution in [0, 0.1) is 13.8 Å². The third kappa shape index (κ3) is 4.26. The number of Topliss-reactive ketones (excluding diaryl/α,β-unsaturated/α-hetero) is 2. The summed E-state index contributed by atoms with van der Waals surface area (Å²) in [7, 11) is 0. The molecule has 144 valence electrons. The number of thiazole rings is 1. The smallest absolute Gasteiger partial charge is 0.312 e. The zero-order valence-electron chi connectivity index (χ0n) is 15.9. The molecule has 0 spiro atoms. The summed E-state index contributed by atoms with van der Waals surface area (Å²) >= 11 is 1.45. The molecule has 2 heterocycles. The largest absolute Gasteiger partial charge is 0.457 e. The second kappa shape index (κ2) is 8.31. The van der Waals surface area contributed by atoms with Gasteiger partial charge in [-0.1, -0.05) is 30.3 Å². The molecule has 0 atom stereocenters. The summed E-state index contributed by atoms with van der Waals surface area (Å²) in [5.74, 6) is -1.00. The highest BCUT2D eigenvalue weighted by Gasteiger charge is 2.21. The van der Waals surface area contributed by atoms with Gasteiger partial charge in [-0.25, -0.2) is 4.98 Å². The zero-order valence-corrected chi connectivity index (χ0v) is 16.7. The Morgan fingerprint density at radius 3 is 2.50 bits per heavy atom. The Balaban J connectivity index is 1.59. The van der Waals surface area contributed by atoms with E-state index in [0.717, 1.165) is 10.6 Å². The molecule has 2 aromatic heterocycles. The summed E-state index contributed by atoms with van der Waals surface area (Å²) in [6, 6.07) is 9.69. The van der Waals surface area contributed by atoms with E-state index in [-0.39, 0.29) is 24.6 Å². The molecule has 3 rings (SSSR count). The summed E-state index contributed by atoms with van der Waals surface area (Å²) in [6.45, 7) is 4.51. The molecule has 0 saturated heterocycles. The van der Waals surface area contributed by atoms with Gasteiger partial charge in [0.15, 0.2) is 12.4 Å². The first-order valence-electron chi connectivity index (χ1n) is 8.75. The van der Waals surface area contributed by atoms with Crippen LogP contribution in [-0.4, -0.2) is 34.1 Å². The molecule has 0 aliphatic heterocycles. The van der Waals surface area contributed by atoms with E-state index in [2.05, 4.69) is 9.97 Å². The topological polar surface area (TPSA) is 89.1 Å². The highest BCUT2D eigenvalue weighted by molar-refractivity contribution is 7.13. The number of esters is 1. The van der Waals surface area contributed by atoms with E-state index in [0.29, 0.717) is 28.2 Å². The molecule has 0 aliphatic carbocycles. The predicted molar refractivity (Wildman–Crippen MR) is 107 cm³/mol. The summed E-state index contributed by atoms with van der Waals surface area (Å²) in [6.07, 6.45) is -0.00194. The van der Waals surface area contributed by atoms with E-state index < -0.39 is 5.97 Å². The van der Waals surface area contributed by atoms with Gasteiger partial charge in [0, 0.05) is 22.2 Å². The number of hydrogen-bond acceptors (Lipinski definition) is 6. The minimum atomic E-state index is -0.522. The molecular weight excluding hydrogens is 376 g/mol. The normalized spacial score (nSPS) is 10.7. The minimum Gasteiger partial charge on any atom is -0.457 e. The maximum absolute atomic E-state index is 12.4. The number of aromatic nitrogens is 2. The van der Waals surface area contributed by atoms with Crippen LogP contribution >= 0.6 is 11.3 Å². The van der Waals surface area contributed by atoms with Crippen LogP contribution in [-0.2, 0) is 16.0 Å². The molecule has 1 aromatic carbocycles. The van der Waals surface area contributed by atoms with Crippen molar-refractivity contribution in [1.82, 2.24) is 9.97 Å². The molecule has 28 heavy (non-hydrogen) atoms. The van der Waals surface area contributed by atoms with E-state index in [1.54, 1.807) is 13.8 Å². The predicted octanol–water partition coefficient (Wildman–Crippen LogP) is 3.93. The number of H-pyrrole nitrogens is 1. The van der Waals surface area contributed by atoms with E-state index in [4.69, 9.17) is 4.74 Å². The number of carbonyl (C=O) groups is 3. The van der Waals surface area contributed by atoms with Crippen LogP contribution in [0.3, 0.4) is 0 Å². The van der Waals surface area contributed by atoms with Gasteiger partial charge in [-0.3, -0.25) is 14.4 Å². The molecule has 3 aromatic rings. The number of nitrogens with zero attached hydrogens (tertiary/aromatic N) is 1. The van der Waals surface area contributed by atoms with Crippen molar-refractivity contribution in [1.29, 1.82) is 0 Å². The number of nitrogens with one attached hydrogen (secondary N) is 1. The van der Waals surface area contributed by atoms with Crippen molar-refractivity contribution in [2.45, 2.75) is 27.2 Å². The Labute approximate surface area is 166 Å².